The zero-order chi connectivity index (χ0) is 40.4. The lowest BCUT2D eigenvalue weighted by atomic mass is 9.39. The van der Waals surface area contributed by atoms with E-state index in [2.05, 4.69) is 53.7 Å². The second kappa shape index (κ2) is 16.4. The molecule has 1 saturated heterocycles. The van der Waals surface area contributed by atoms with E-state index in [-0.39, 0.29) is 35.4 Å². The zero-order valence-electron chi connectivity index (χ0n) is 35.7. The van der Waals surface area contributed by atoms with Crippen LogP contribution in [0.2, 0.25) is 0 Å². The van der Waals surface area contributed by atoms with Crippen LogP contribution in [0, 0.1) is 28.1 Å². The predicted octanol–water partition coefficient (Wildman–Crippen LogP) is 11.9. The molecule has 0 amide bonds. The van der Waals surface area contributed by atoms with E-state index in [1.807, 2.05) is 73.6 Å². The van der Waals surface area contributed by atoms with Gasteiger partial charge in [-0.1, -0.05) is 59.9 Å². The van der Waals surface area contributed by atoms with Gasteiger partial charge in [-0.3, -0.25) is 14.4 Å². The Bertz CT molecular complexity index is 1820. The fourth-order valence-corrected chi connectivity index (χ4v) is 8.53. The monoisotopic (exact) mass is 738 g/mol. The number of allylic oxidation sites excluding steroid dienone is 10. The zero-order valence-corrected chi connectivity index (χ0v) is 35.7. The molecule has 0 N–H and O–H groups in total. The van der Waals surface area contributed by atoms with Crippen LogP contribution in [0.3, 0.4) is 0 Å². The van der Waals surface area contributed by atoms with Crippen molar-refractivity contribution >= 4 is 17.3 Å². The predicted molar refractivity (Wildman–Crippen MR) is 220 cm³/mol. The summed E-state index contributed by atoms with van der Waals surface area (Å²) in [4.78, 5) is 46.6. The number of carbonyl (C=O) groups is 3. The first-order valence-corrected chi connectivity index (χ1v) is 19.7. The molecule has 1 aromatic rings. The fourth-order valence-electron chi connectivity index (χ4n) is 8.53. The van der Waals surface area contributed by atoms with Crippen LogP contribution in [0.5, 0.6) is 11.5 Å². The van der Waals surface area contributed by atoms with E-state index in [9.17, 15) is 0 Å². The summed E-state index contributed by atoms with van der Waals surface area (Å²) >= 11 is 0. The first-order chi connectivity index (χ1) is 25.1. The van der Waals surface area contributed by atoms with Gasteiger partial charge >= 0.3 is 0 Å². The minimum absolute atomic E-state index is 0.00695. The average Bonchev–Trinajstić information content (AvgIpc) is 3.05. The van der Waals surface area contributed by atoms with Gasteiger partial charge in [0, 0.05) is 11.5 Å². The third kappa shape index (κ3) is 8.33. The molecule has 0 radical (unpaired) electrons. The molecule has 1 spiro atoms. The summed E-state index contributed by atoms with van der Waals surface area (Å²) in [5.41, 5.74) is 1.86. The lowest BCUT2D eigenvalue weighted by Crippen LogP contribution is -2.69. The summed E-state index contributed by atoms with van der Waals surface area (Å²) in [6.45, 7) is 29.2. The van der Waals surface area contributed by atoms with Crippen molar-refractivity contribution in [1.82, 2.24) is 0 Å². The van der Waals surface area contributed by atoms with Gasteiger partial charge < -0.3 is 14.2 Å². The molecular formula is C48H66O6. The largest absolute Gasteiger partial charge is 0.490 e. The number of ether oxygens (including phenoxy) is 3. The van der Waals surface area contributed by atoms with Crippen molar-refractivity contribution in [2.75, 3.05) is 13.2 Å². The SMILES string of the molecule is CC(C)=CCOc1ccc(C(=O)C2=C3OC(C)(C)C(CC=C(C)C)CC34CC(CC=C(C)C)C(C)(C)C(CC=C(C)C)(C2=O)C4=O)cc1OCC=C(C)C. The summed E-state index contributed by atoms with van der Waals surface area (Å²) in [5, 5.41) is 0. The molecule has 1 heterocycles. The van der Waals surface area contributed by atoms with Gasteiger partial charge in [0.1, 0.15) is 35.6 Å². The van der Waals surface area contributed by atoms with E-state index < -0.39 is 33.4 Å². The molecule has 294 valence electrons. The van der Waals surface area contributed by atoms with Crippen molar-refractivity contribution < 1.29 is 28.6 Å². The van der Waals surface area contributed by atoms with Crippen molar-refractivity contribution in [2.24, 2.45) is 28.1 Å². The Hall–Kier alpha value is -3.93. The van der Waals surface area contributed by atoms with Crippen molar-refractivity contribution in [3.63, 3.8) is 0 Å². The van der Waals surface area contributed by atoms with Crippen LogP contribution in [0.1, 0.15) is 139 Å². The van der Waals surface area contributed by atoms with E-state index in [4.69, 9.17) is 14.2 Å². The van der Waals surface area contributed by atoms with E-state index in [1.165, 1.54) is 11.1 Å². The smallest absolute Gasteiger partial charge is 0.200 e. The van der Waals surface area contributed by atoms with Gasteiger partial charge in [-0.25, -0.2) is 0 Å². The standard InChI is InChI=1S/C48H66O6/c1-30(2)15-18-36-28-47-29-37(19-16-31(3)4)46(13,14)54-43(47)40(42(50)48(44(47)51,45(36,11)12)24-21-32(5)6)41(49)35-17-20-38(52-25-22-33(7)8)39(27-35)53-26-23-34(9)10/h15-17,20-23,27,36-37H,18-19,24-26,28-29H2,1-14H3. The number of rotatable bonds is 14. The second-order valence-electron chi connectivity index (χ2n) is 18.3. The molecule has 6 nitrogen and oxygen atoms in total. The van der Waals surface area contributed by atoms with Gasteiger partial charge in [-0.15, -0.1) is 0 Å². The highest BCUT2D eigenvalue weighted by atomic mass is 16.5. The first-order valence-electron chi connectivity index (χ1n) is 19.7. The van der Waals surface area contributed by atoms with Crippen molar-refractivity contribution in [2.45, 2.75) is 135 Å². The summed E-state index contributed by atoms with van der Waals surface area (Å²) in [6.07, 6.45) is 13.1. The number of Topliss-reactive ketones (excluding diaryl/α,β-unsaturated/α-hetero) is 3. The molecule has 6 heteroatoms. The maximum absolute atomic E-state index is 15.7. The Morgan fingerprint density at radius 2 is 1.20 bits per heavy atom. The van der Waals surface area contributed by atoms with Gasteiger partial charge in [0.2, 0.25) is 0 Å². The molecule has 54 heavy (non-hydrogen) atoms. The van der Waals surface area contributed by atoms with Crippen LogP contribution in [0.25, 0.3) is 0 Å². The molecule has 2 aliphatic carbocycles. The summed E-state index contributed by atoms with van der Waals surface area (Å²) in [7, 11) is 0. The molecular weight excluding hydrogens is 673 g/mol. The molecule has 2 fully saturated rings. The molecule has 4 rings (SSSR count). The number of hydrogen-bond acceptors (Lipinski definition) is 6. The highest BCUT2D eigenvalue weighted by Crippen LogP contribution is 2.69. The lowest BCUT2D eigenvalue weighted by molar-refractivity contribution is -0.188. The van der Waals surface area contributed by atoms with Crippen LogP contribution in [-0.4, -0.2) is 36.2 Å². The molecule has 3 aliphatic rings. The van der Waals surface area contributed by atoms with Gasteiger partial charge in [-0.2, -0.15) is 0 Å². The Labute approximate surface area is 325 Å². The molecule has 0 aromatic heterocycles. The minimum Gasteiger partial charge on any atom is -0.490 e. The third-order valence-corrected chi connectivity index (χ3v) is 12.1. The molecule has 4 atom stereocenters. The van der Waals surface area contributed by atoms with Crippen LogP contribution >= 0.6 is 0 Å². The second-order valence-corrected chi connectivity index (χ2v) is 18.3. The Balaban J connectivity index is 2.04. The van der Waals surface area contributed by atoms with Gasteiger partial charge in [0.05, 0.1) is 5.41 Å². The van der Waals surface area contributed by atoms with Crippen LogP contribution in [0.15, 0.2) is 87.8 Å². The van der Waals surface area contributed by atoms with E-state index in [0.29, 0.717) is 43.1 Å². The normalized spacial score (nSPS) is 25.0. The third-order valence-electron chi connectivity index (χ3n) is 12.1. The maximum atomic E-state index is 15.7. The van der Waals surface area contributed by atoms with E-state index in [0.717, 1.165) is 29.6 Å². The Morgan fingerprint density at radius 3 is 1.74 bits per heavy atom. The fraction of sp³-hybridized carbons (Fsp3) is 0.562. The van der Waals surface area contributed by atoms with Crippen LogP contribution in [-0.2, 0) is 14.3 Å². The van der Waals surface area contributed by atoms with Gasteiger partial charge in [0.25, 0.3) is 0 Å². The van der Waals surface area contributed by atoms with Crippen molar-refractivity contribution in [1.29, 1.82) is 0 Å². The van der Waals surface area contributed by atoms with Gasteiger partial charge in [0.15, 0.2) is 28.8 Å². The summed E-state index contributed by atoms with van der Waals surface area (Å²) < 4.78 is 19.3. The molecule has 2 bridgehead atoms. The number of benzene rings is 1. The molecule has 4 unspecified atom stereocenters. The first kappa shape index (κ1) is 42.8. The van der Waals surface area contributed by atoms with E-state index in [1.54, 1.807) is 18.2 Å². The maximum Gasteiger partial charge on any atom is 0.200 e. The van der Waals surface area contributed by atoms with Crippen molar-refractivity contribution in [3.8, 4) is 11.5 Å². The topological polar surface area (TPSA) is 78.9 Å². The molecule has 1 aliphatic heterocycles. The van der Waals surface area contributed by atoms with Crippen LogP contribution in [0.4, 0.5) is 0 Å². The van der Waals surface area contributed by atoms with Crippen molar-refractivity contribution in [3.05, 3.63) is 93.3 Å². The Morgan fingerprint density at radius 1 is 0.704 bits per heavy atom. The number of ketones is 3. The lowest BCUT2D eigenvalue weighted by Gasteiger charge is -2.64. The van der Waals surface area contributed by atoms with E-state index >= 15 is 14.4 Å². The highest BCUT2D eigenvalue weighted by Gasteiger charge is 2.74. The summed E-state index contributed by atoms with van der Waals surface area (Å²) in [5.74, 6) is 0.193. The summed E-state index contributed by atoms with van der Waals surface area (Å²) in [6, 6.07) is 5.12. The number of fused-ring (bicyclic) bond motifs is 1. The molecule has 1 saturated carbocycles. The Kier molecular flexibility index (Phi) is 13.0. The minimum atomic E-state index is -1.46. The quantitative estimate of drug-likeness (QED) is 0.0818. The number of carbonyl (C=O) groups excluding carboxylic acids is 3. The average molecular weight is 739 g/mol. The van der Waals surface area contributed by atoms with Crippen LogP contribution < -0.4 is 9.47 Å². The highest BCUT2D eigenvalue weighted by molar-refractivity contribution is 6.35. The molecule has 1 aromatic carbocycles. The number of hydrogen-bond donors (Lipinski definition) is 0. The van der Waals surface area contributed by atoms with Gasteiger partial charge in [-0.05, 0) is 157 Å².